The molecule has 0 bridgehead atoms. The Morgan fingerprint density at radius 3 is 2.81 bits per heavy atom. The lowest BCUT2D eigenvalue weighted by Crippen LogP contribution is -2.57. The van der Waals surface area contributed by atoms with Crippen molar-refractivity contribution in [2.45, 2.75) is 31.9 Å². The molecular weight excluding hydrogens is 212 g/mol. The van der Waals surface area contributed by atoms with Gasteiger partial charge in [-0.15, -0.1) is 0 Å². The average Bonchev–Trinajstić information content (AvgIpc) is 2.27. The van der Waals surface area contributed by atoms with Gasteiger partial charge < -0.3 is 9.84 Å². The number of carbonyl (C=O) groups is 1. The summed E-state index contributed by atoms with van der Waals surface area (Å²) in [6.07, 6.45) is 0.132. The van der Waals surface area contributed by atoms with Crippen LogP contribution in [0.1, 0.15) is 20.3 Å². The Hall–Kier alpha value is -1.30. The number of ether oxygens (including phenoxy) is 1. The summed E-state index contributed by atoms with van der Waals surface area (Å²) in [7, 11) is 1.47. The van der Waals surface area contributed by atoms with Crippen LogP contribution in [-0.2, 0) is 9.53 Å². The van der Waals surface area contributed by atoms with Crippen molar-refractivity contribution in [2.24, 2.45) is 5.11 Å². The van der Waals surface area contributed by atoms with Gasteiger partial charge >= 0.3 is 5.97 Å². The van der Waals surface area contributed by atoms with Crippen LogP contribution in [-0.4, -0.2) is 42.9 Å². The van der Waals surface area contributed by atoms with E-state index in [2.05, 4.69) is 15.3 Å². The van der Waals surface area contributed by atoms with Gasteiger partial charge in [0.05, 0.1) is 6.10 Å². The van der Waals surface area contributed by atoms with E-state index >= 15 is 0 Å². The highest BCUT2D eigenvalue weighted by atomic mass is 16.5. The van der Waals surface area contributed by atoms with Crippen molar-refractivity contribution in [2.75, 3.05) is 20.2 Å². The summed E-state index contributed by atoms with van der Waals surface area (Å²) in [4.78, 5) is 13.7. The number of nitrogens with zero attached hydrogens (tertiary/aromatic N) is 3. The van der Waals surface area contributed by atoms with Gasteiger partial charge in [-0.05, 0) is 32.3 Å². The molecule has 0 saturated heterocycles. The first kappa shape index (κ1) is 14.7. The number of azide groups is 1. The largest absolute Gasteiger partial charge is 0.480 e. The van der Waals surface area contributed by atoms with Crippen LogP contribution in [0.4, 0.5) is 0 Å². The average molecular weight is 230 g/mol. The summed E-state index contributed by atoms with van der Waals surface area (Å²) in [6.45, 7) is 4.06. The van der Waals surface area contributed by atoms with Crippen molar-refractivity contribution >= 4 is 5.97 Å². The third-order valence-corrected chi connectivity index (χ3v) is 2.60. The lowest BCUT2D eigenvalue weighted by Gasteiger charge is -2.31. The summed E-state index contributed by atoms with van der Waals surface area (Å²) in [6, 6.07) is 0. The molecule has 0 radical (unpaired) electrons. The van der Waals surface area contributed by atoms with Crippen molar-refractivity contribution in [3.05, 3.63) is 10.4 Å². The molecule has 2 unspecified atom stereocenters. The van der Waals surface area contributed by atoms with Crippen LogP contribution in [0, 0.1) is 0 Å². The summed E-state index contributed by atoms with van der Waals surface area (Å²) in [5.41, 5.74) is 6.93. The molecule has 0 heterocycles. The molecule has 16 heavy (non-hydrogen) atoms. The molecule has 0 aliphatic carbocycles. The fraction of sp³-hybridized carbons (Fsp3) is 0.889. The van der Waals surface area contributed by atoms with Crippen LogP contribution < -0.4 is 5.32 Å². The Morgan fingerprint density at radius 1 is 1.75 bits per heavy atom. The fourth-order valence-corrected chi connectivity index (χ4v) is 1.17. The Morgan fingerprint density at radius 2 is 2.38 bits per heavy atom. The van der Waals surface area contributed by atoms with E-state index in [1.165, 1.54) is 7.11 Å². The van der Waals surface area contributed by atoms with Gasteiger partial charge in [-0.2, -0.15) is 0 Å². The zero-order chi connectivity index (χ0) is 12.6. The molecule has 0 spiro atoms. The second kappa shape index (κ2) is 7.05. The van der Waals surface area contributed by atoms with Crippen LogP contribution in [0.25, 0.3) is 10.4 Å². The van der Waals surface area contributed by atoms with Crippen LogP contribution >= 0.6 is 0 Å². The monoisotopic (exact) mass is 230 g/mol. The van der Waals surface area contributed by atoms with E-state index in [-0.39, 0.29) is 0 Å². The molecule has 7 nitrogen and oxygen atoms in total. The minimum atomic E-state index is -1.13. The minimum Gasteiger partial charge on any atom is -0.480 e. The third-order valence-electron chi connectivity index (χ3n) is 2.60. The standard InChI is InChI=1S/C9H18N4O3/c1-7(16-3)9(2,8(14)15)11-5-4-6-12-13-10/h7,11H,4-6H2,1-3H3,(H,14,15). The lowest BCUT2D eigenvalue weighted by atomic mass is 9.95. The van der Waals surface area contributed by atoms with Crippen molar-refractivity contribution in [1.29, 1.82) is 0 Å². The van der Waals surface area contributed by atoms with E-state index in [0.29, 0.717) is 19.5 Å². The quantitative estimate of drug-likeness (QED) is 0.282. The predicted octanol–water partition coefficient (Wildman–Crippen LogP) is 1.15. The molecule has 0 rings (SSSR count). The van der Waals surface area contributed by atoms with Gasteiger partial charge in [-0.1, -0.05) is 5.11 Å². The highest BCUT2D eigenvalue weighted by Gasteiger charge is 2.38. The topological polar surface area (TPSA) is 107 Å². The molecule has 0 aliphatic rings. The first-order chi connectivity index (χ1) is 7.49. The van der Waals surface area contributed by atoms with Gasteiger partial charge in [0, 0.05) is 18.6 Å². The zero-order valence-corrected chi connectivity index (χ0v) is 9.80. The van der Waals surface area contributed by atoms with Crippen molar-refractivity contribution in [3.8, 4) is 0 Å². The minimum absolute atomic E-state index is 0.348. The van der Waals surface area contributed by atoms with Crippen molar-refractivity contribution in [1.82, 2.24) is 5.32 Å². The Kier molecular flexibility index (Phi) is 6.48. The van der Waals surface area contributed by atoms with Gasteiger partial charge in [-0.3, -0.25) is 10.1 Å². The molecule has 0 fully saturated rings. The van der Waals surface area contributed by atoms with Crippen LogP contribution in [0.2, 0.25) is 0 Å². The maximum absolute atomic E-state index is 11.1. The molecule has 0 aromatic carbocycles. The van der Waals surface area contributed by atoms with Gasteiger partial charge in [0.2, 0.25) is 0 Å². The fourth-order valence-electron chi connectivity index (χ4n) is 1.17. The Bertz CT molecular complexity index is 278. The summed E-state index contributed by atoms with van der Waals surface area (Å²) < 4.78 is 5.03. The number of carboxylic acid groups (broad SMARTS) is 1. The first-order valence-electron chi connectivity index (χ1n) is 5.01. The van der Waals surface area contributed by atoms with E-state index in [0.717, 1.165) is 0 Å². The maximum Gasteiger partial charge on any atom is 0.326 e. The highest BCUT2D eigenvalue weighted by Crippen LogP contribution is 2.13. The molecule has 7 heteroatoms. The van der Waals surface area contributed by atoms with E-state index in [4.69, 9.17) is 15.4 Å². The molecule has 0 saturated carbocycles. The molecule has 2 N–H and O–H groups in total. The number of hydrogen-bond donors (Lipinski definition) is 2. The summed E-state index contributed by atoms with van der Waals surface area (Å²) >= 11 is 0. The number of hydrogen-bond acceptors (Lipinski definition) is 4. The molecule has 0 aliphatic heterocycles. The smallest absolute Gasteiger partial charge is 0.326 e. The number of aliphatic carboxylic acids is 1. The van der Waals surface area contributed by atoms with Crippen molar-refractivity contribution < 1.29 is 14.6 Å². The Balaban J connectivity index is 4.23. The summed E-state index contributed by atoms with van der Waals surface area (Å²) in [5.74, 6) is -0.967. The highest BCUT2D eigenvalue weighted by molar-refractivity contribution is 5.79. The second-order valence-corrected chi connectivity index (χ2v) is 3.62. The molecule has 0 aromatic rings. The number of methoxy groups -OCH3 is 1. The van der Waals surface area contributed by atoms with E-state index in [1.807, 2.05) is 0 Å². The van der Waals surface area contributed by atoms with Crippen LogP contribution in [0.3, 0.4) is 0 Å². The third kappa shape index (κ3) is 4.06. The molecular formula is C9H18N4O3. The maximum atomic E-state index is 11.1. The van der Waals surface area contributed by atoms with Crippen LogP contribution in [0.5, 0.6) is 0 Å². The van der Waals surface area contributed by atoms with E-state index in [9.17, 15) is 4.79 Å². The molecule has 0 aromatic heterocycles. The lowest BCUT2D eigenvalue weighted by molar-refractivity contribution is -0.149. The Labute approximate surface area is 94.4 Å². The SMILES string of the molecule is COC(C)C(C)(NCCCN=[N+]=[N-])C(=O)O. The van der Waals surface area contributed by atoms with Gasteiger partial charge in [0.15, 0.2) is 0 Å². The number of nitrogens with one attached hydrogen (secondary N) is 1. The normalized spacial score (nSPS) is 15.9. The first-order valence-corrected chi connectivity index (χ1v) is 5.01. The predicted molar refractivity (Wildman–Crippen MR) is 59.1 cm³/mol. The van der Waals surface area contributed by atoms with E-state index in [1.54, 1.807) is 13.8 Å². The second-order valence-electron chi connectivity index (χ2n) is 3.62. The van der Waals surface area contributed by atoms with Gasteiger partial charge in [-0.25, -0.2) is 0 Å². The van der Waals surface area contributed by atoms with Gasteiger partial charge in [0.1, 0.15) is 5.54 Å². The molecule has 92 valence electrons. The van der Waals surface area contributed by atoms with Crippen LogP contribution in [0.15, 0.2) is 5.11 Å². The molecule has 2 atom stereocenters. The summed E-state index contributed by atoms with van der Waals surface area (Å²) in [5, 5.41) is 15.4. The van der Waals surface area contributed by atoms with E-state index < -0.39 is 17.6 Å². The van der Waals surface area contributed by atoms with Gasteiger partial charge in [0.25, 0.3) is 0 Å². The molecule has 0 amide bonds. The number of carboxylic acids is 1. The van der Waals surface area contributed by atoms with Crippen molar-refractivity contribution in [3.63, 3.8) is 0 Å². The number of rotatable bonds is 8. The zero-order valence-electron chi connectivity index (χ0n) is 9.80.